The Morgan fingerprint density at radius 3 is 2.75 bits per heavy atom. The fourth-order valence-corrected chi connectivity index (χ4v) is 2.91. The molecule has 9 nitrogen and oxygen atoms in total. The Kier molecular flexibility index (Phi) is 3.52. The van der Waals surface area contributed by atoms with Gasteiger partial charge in [-0.25, -0.2) is 13.1 Å². The van der Waals surface area contributed by atoms with E-state index in [0.29, 0.717) is 23.4 Å². The van der Waals surface area contributed by atoms with Crippen LogP contribution < -0.4 is 15.8 Å². The lowest BCUT2D eigenvalue weighted by molar-refractivity contribution is 0.476. The van der Waals surface area contributed by atoms with Crippen molar-refractivity contribution in [3.8, 4) is 0 Å². The molecule has 0 fully saturated rings. The van der Waals surface area contributed by atoms with Gasteiger partial charge in [-0.3, -0.25) is 5.10 Å². The van der Waals surface area contributed by atoms with Crippen molar-refractivity contribution >= 4 is 32.8 Å². The lowest BCUT2D eigenvalue weighted by Gasteiger charge is -2.25. The molecule has 10 heteroatoms. The smallest absolute Gasteiger partial charge is 0.224 e. The average Bonchev–Trinajstić information content (AvgIpc) is 2.70. The predicted molar refractivity (Wildman–Crippen MR) is 76.6 cm³/mol. The monoisotopic (exact) mass is 299 g/mol. The van der Waals surface area contributed by atoms with E-state index in [2.05, 4.69) is 30.2 Å². The number of aromatic amines is 1. The minimum absolute atomic E-state index is 0.109. The number of rotatable bonds is 5. The van der Waals surface area contributed by atoms with E-state index in [9.17, 15) is 8.42 Å². The lowest BCUT2D eigenvalue weighted by atomic mass is 10.1. The van der Waals surface area contributed by atoms with E-state index >= 15 is 0 Å². The predicted octanol–water partition coefficient (Wildman–Crippen LogP) is -0.325. The Morgan fingerprint density at radius 2 is 2.10 bits per heavy atom. The molecular weight excluding hydrogens is 282 g/mol. The fraction of sp³-hybridized carbons (Fsp3) is 0.500. The molecule has 0 aliphatic heterocycles. The van der Waals surface area contributed by atoms with Crippen LogP contribution >= 0.6 is 0 Å². The van der Waals surface area contributed by atoms with E-state index in [4.69, 9.17) is 5.73 Å². The SMILES string of the molecule is CC(C)(CNc1nc(N)nc2[nH]ncc12)NS(C)(=O)=O. The molecule has 0 aromatic carbocycles. The standard InChI is InChI=1S/C10H17N7O2S/c1-10(2,17-20(3,18)19)5-12-7-6-4-13-16-8(6)15-9(11)14-7/h4,17H,5H2,1-3H3,(H4,11,12,13,14,15,16). The second-order valence-corrected chi connectivity index (χ2v) is 6.92. The molecule has 0 saturated heterocycles. The van der Waals surface area contributed by atoms with Crippen LogP contribution in [0.25, 0.3) is 11.0 Å². The van der Waals surface area contributed by atoms with Gasteiger partial charge in [0.2, 0.25) is 16.0 Å². The van der Waals surface area contributed by atoms with Crippen LogP contribution in [0, 0.1) is 0 Å². The second kappa shape index (κ2) is 4.87. The van der Waals surface area contributed by atoms with Gasteiger partial charge in [0.25, 0.3) is 0 Å². The van der Waals surface area contributed by atoms with Crippen molar-refractivity contribution < 1.29 is 8.42 Å². The van der Waals surface area contributed by atoms with Gasteiger partial charge in [0.1, 0.15) is 5.82 Å². The van der Waals surface area contributed by atoms with E-state index in [1.807, 2.05) is 0 Å². The van der Waals surface area contributed by atoms with Gasteiger partial charge < -0.3 is 11.1 Å². The van der Waals surface area contributed by atoms with Crippen LogP contribution in [0.1, 0.15) is 13.8 Å². The molecule has 2 heterocycles. The van der Waals surface area contributed by atoms with Crippen LogP contribution in [0.5, 0.6) is 0 Å². The molecule has 0 radical (unpaired) electrons. The molecule has 2 aromatic heterocycles. The average molecular weight is 299 g/mol. The molecule has 0 atom stereocenters. The number of hydrogen-bond donors (Lipinski definition) is 4. The summed E-state index contributed by atoms with van der Waals surface area (Å²) in [5.74, 6) is 0.614. The summed E-state index contributed by atoms with van der Waals surface area (Å²) in [6, 6.07) is 0. The summed E-state index contributed by atoms with van der Waals surface area (Å²) in [6.07, 6.45) is 2.69. The molecule has 20 heavy (non-hydrogen) atoms. The zero-order chi connectivity index (χ0) is 15.0. The van der Waals surface area contributed by atoms with Gasteiger partial charge >= 0.3 is 0 Å². The number of nitrogens with zero attached hydrogens (tertiary/aromatic N) is 3. The van der Waals surface area contributed by atoms with Gasteiger partial charge in [-0.05, 0) is 13.8 Å². The first-order valence-corrected chi connectivity index (χ1v) is 7.75. The highest BCUT2D eigenvalue weighted by Gasteiger charge is 2.22. The van der Waals surface area contributed by atoms with Crippen molar-refractivity contribution in [2.75, 3.05) is 23.9 Å². The molecule has 2 aromatic rings. The van der Waals surface area contributed by atoms with E-state index in [1.54, 1.807) is 20.0 Å². The first-order chi connectivity index (χ1) is 9.16. The molecule has 0 saturated carbocycles. The fourth-order valence-electron chi connectivity index (χ4n) is 1.83. The summed E-state index contributed by atoms with van der Waals surface area (Å²) in [5.41, 5.74) is 5.45. The largest absolute Gasteiger partial charge is 0.368 e. The Hall–Kier alpha value is -1.94. The zero-order valence-electron chi connectivity index (χ0n) is 11.4. The summed E-state index contributed by atoms with van der Waals surface area (Å²) in [7, 11) is -3.29. The van der Waals surface area contributed by atoms with Gasteiger partial charge in [0, 0.05) is 12.1 Å². The van der Waals surface area contributed by atoms with Crippen LogP contribution in [0.3, 0.4) is 0 Å². The zero-order valence-corrected chi connectivity index (χ0v) is 12.2. The van der Waals surface area contributed by atoms with Gasteiger partial charge in [-0.1, -0.05) is 0 Å². The molecule has 0 unspecified atom stereocenters. The molecule has 0 amide bonds. The van der Waals surface area contributed by atoms with Crippen molar-refractivity contribution in [1.29, 1.82) is 0 Å². The van der Waals surface area contributed by atoms with Crippen molar-refractivity contribution in [2.24, 2.45) is 0 Å². The highest BCUT2D eigenvalue weighted by Crippen LogP contribution is 2.19. The minimum atomic E-state index is -3.29. The van der Waals surface area contributed by atoms with E-state index in [-0.39, 0.29) is 5.95 Å². The van der Waals surface area contributed by atoms with Crippen LogP contribution in [0.4, 0.5) is 11.8 Å². The Bertz CT molecular complexity index is 722. The summed E-state index contributed by atoms with van der Waals surface area (Å²) in [6.45, 7) is 3.85. The number of nitrogens with one attached hydrogen (secondary N) is 3. The molecule has 0 aliphatic carbocycles. The Morgan fingerprint density at radius 1 is 1.40 bits per heavy atom. The maximum absolute atomic E-state index is 11.3. The van der Waals surface area contributed by atoms with Crippen LogP contribution in [0.15, 0.2) is 6.20 Å². The molecule has 5 N–H and O–H groups in total. The topological polar surface area (TPSA) is 139 Å². The van der Waals surface area contributed by atoms with Crippen LogP contribution in [-0.4, -0.2) is 46.9 Å². The second-order valence-electron chi connectivity index (χ2n) is 5.17. The van der Waals surface area contributed by atoms with Gasteiger partial charge in [-0.15, -0.1) is 0 Å². The molecular formula is C10H17N7O2S. The van der Waals surface area contributed by atoms with Crippen molar-refractivity contribution in [1.82, 2.24) is 24.9 Å². The van der Waals surface area contributed by atoms with Crippen molar-refractivity contribution in [3.63, 3.8) is 0 Å². The van der Waals surface area contributed by atoms with Gasteiger partial charge in [-0.2, -0.15) is 15.1 Å². The first-order valence-electron chi connectivity index (χ1n) is 5.86. The minimum Gasteiger partial charge on any atom is -0.368 e. The molecule has 0 aliphatic rings. The van der Waals surface area contributed by atoms with E-state index < -0.39 is 15.6 Å². The number of sulfonamides is 1. The highest BCUT2D eigenvalue weighted by atomic mass is 32.2. The van der Waals surface area contributed by atoms with E-state index in [1.165, 1.54) is 0 Å². The number of fused-ring (bicyclic) bond motifs is 1. The highest BCUT2D eigenvalue weighted by molar-refractivity contribution is 7.88. The summed E-state index contributed by atoms with van der Waals surface area (Å²) in [5, 5.41) is 10.3. The molecule has 110 valence electrons. The van der Waals surface area contributed by atoms with E-state index in [0.717, 1.165) is 6.26 Å². The Labute approximate surface area is 116 Å². The molecule has 0 spiro atoms. The third-order valence-electron chi connectivity index (χ3n) is 2.49. The van der Waals surface area contributed by atoms with Crippen molar-refractivity contribution in [2.45, 2.75) is 19.4 Å². The van der Waals surface area contributed by atoms with Crippen molar-refractivity contribution in [3.05, 3.63) is 6.20 Å². The normalized spacial score (nSPS) is 12.8. The lowest BCUT2D eigenvalue weighted by Crippen LogP contribution is -2.47. The van der Waals surface area contributed by atoms with Gasteiger partial charge in [0.05, 0.1) is 17.8 Å². The maximum Gasteiger partial charge on any atom is 0.224 e. The third kappa shape index (κ3) is 3.54. The molecule has 2 rings (SSSR count). The number of nitrogens with two attached hydrogens (primary N) is 1. The summed E-state index contributed by atoms with van der Waals surface area (Å²) < 4.78 is 25.1. The third-order valence-corrected chi connectivity index (χ3v) is 3.41. The first kappa shape index (κ1) is 14.5. The number of anilines is 2. The summed E-state index contributed by atoms with van der Waals surface area (Å²) in [4.78, 5) is 8.09. The van der Waals surface area contributed by atoms with Gasteiger partial charge in [0.15, 0.2) is 5.65 Å². The maximum atomic E-state index is 11.3. The summed E-state index contributed by atoms with van der Waals surface area (Å²) >= 11 is 0. The number of nitrogen functional groups attached to an aromatic ring is 1. The quantitative estimate of drug-likeness (QED) is 0.593. The number of hydrogen-bond acceptors (Lipinski definition) is 7. The van der Waals surface area contributed by atoms with Crippen LogP contribution in [-0.2, 0) is 10.0 Å². The Balaban J connectivity index is 2.19. The van der Waals surface area contributed by atoms with Crippen LogP contribution in [0.2, 0.25) is 0 Å². The molecule has 0 bridgehead atoms. The number of H-pyrrole nitrogens is 1. The number of aromatic nitrogens is 4.